The van der Waals surface area contributed by atoms with E-state index in [1.54, 1.807) is 0 Å². The fraction of sp³-hybridized carbons (Fsp3) is 0.400. The summed E-state index contributed by atoms with van der Waals surface area (Å²) in [5, 5.41) is 0. The molecule has 0 saturated heterocycles. The van der Waals surface area contributed by atoms with Gasteiger partial charge in [-0.05, 0) is 37.7 Å². The molecule has 108 valence electrons. The van der Waals surface area contributed by atoms with Crippen LogP contribution in [0.1, 0.15) is 13.3 Å². The summed E-state index contributed by atoms with van der Waals surface area (Å²) in [6.45, 7) is 8.33. The minimum Gasteiger partial charge on any atom is -0.492 e. The Morgan fingerprint density at radius 3 is 3.00 bits per heavy atom. The number of nitrogens with one attached hydrogen (secondary N) is 1. The van der Waals surface area contributed by atoms with Crippen molar-refractivity contribution < 1.29 is 9.47 Å². The summed E-state index contributed by atoms with van der Waals surface area (Å²) in [5.74, 6) is 0.836. The molecule has 0 radical (unpaired) electrons. The first kappa shape index (κ1) is 14.8. The summed E-state index contributed by atoms with van der Waals surface area (Å²) < 4.78 is 13.9. The molecule has 0 saturated carbocycles. The van der Waals surface area contributed by atoms with Gasteiger partial charge in [-0.15, -0.1) is 6.58 Å². The predicted octanol–water partition coefficient (Wildman–Crippen LogP) is 3.69. The Kier molecular flexibility index (Phi) is 5.38. The molecule has 0 fully saturated rings. The van der Waals surface area contributed by atoms with Gasteiger partial charge in [0, 0.05) is 6.54 Å². The number of fused-ring (bicyclic) bond motifs is 1. The Hall–Kier alpha value is -1.59. The van der Waals surface area contributed by atoms with Gasteiger partial charge in [-0.2, -0.15) is 0 Å². The van der Waals surface area contributed by atoms with Gasteiger partial charge in [0.05, 0.1) is 25.3 Å². The summed E-state index contributed by atoms with van der Waals surface area (Å²) in [6.07, 6.45) is 2.72. The Bertz CT molecular complexity index is 630. The number of nitrogens with zero attached hydrogens (tertiary/aromatic N) is 1. The third kappa shape index (κ3) is 3.29. The topological polar surface area (TPSA) is 39.2 Å². The van der Waals surface area contributed by atoms with Crippen molar-refractivity contribution in [2.45, 2.75) is 19.9 Å². The summed E-state index contributed by atoms with van der Waals surface area (Å²) in [4.78, 5) is 3.21. The molecule has 1 N–H and O–H groups in total. The summed E-state index contributed by atoms with van der Waals surface area (Å²) in [5.41, 5.74) is 2.00. The molecule has 1 aromatic carbocycles. The third-order valence-electron chi connectivity index (χ3n) is 3.00. The third-order valence-corrected chi connectivity index (χ3v) is 3.32. The molecule has 0 aliphatic carbocycles. The number of H-pyrrole nitrogens is 1. The Morgan fingerprint density at radius 2 is 2.25 bits per heavy atom. The lowest BCUT2D eigenvalue weighted by molar-refractivity contribution is 0.131. The predicted molar refractivity (Wildman–Crippen MR) is 83.9 cm³/mol. The molecule has 0 spiro atoms. The van der Waals surface area contributed by atoms with Crippen molar-refractivity contribution in [3.63, 3.8) is 0 Å². The van der Waals surface area contributed by atoms with Crippen LogP contribution in [0.2, 0.25) is 0 Å². The van der Waals surface area contributed by atoms with Crippen LogP contribution in [-0.4, -0.2) is 29.4 Å². The largest absolute Gasteiger partial charge is 0.492 e. The van der Waals surface area contributed by atoms with Crippen LogP contribution in [-0.2, 0) is 11.3 Å². The van der Waals surface area contributed by atoms with E-state index in [1.807, 2.05) is 35.8 Å². The lowest BCUT2D eigenvalue weighted by Crippen LogP contribution is -2.06. The number of rotatable bonds is 8. The van der Waals surface area contributed by atoms with E-state index in [0.29, 0.717) is 24.6 Å². The van der Waals surface area contributed by atoms with Crippen molar-refractivity contribution in [3.05, 3.63) is 35.6 Å². The molecule has 1 heterocycles. The summed E-state index contributed by atoms with van der Waals surface area (Å²) in [7, 11) is 0. The van der Waals surface area contributed by atoms with Crippen molar-refractivity contribution in [1.29, 1.82) is 0 Å². The van der Waals surface area contributed by atoms with E-state index >= 15 is 0 Å². The molecule has 0 atom stereocenters. The van der Waals surface area contributed by atoms with E-state index < -0.39 is 0 Å². The number of hydrogen-bond donors (Lipinski definition) is 1. The normalized spacial score (nSPS) is 10.8. The molecule has 5 heteroatoms. The van der Waals surface area contributed by atoms with Gasteiger partial charge >= 0.3 is 0 Å². The van der Waals surface area contributed by atoms with Crippen LogP contribution in [0, 0.1) is 4.77 Å². The first-order chi connectivity index (χ1) is 9.77. The lowest BCUT2D eigenvalue weighted by Gasteiger charge is -2.07. The van der Waals surface area contributed by atoms with Crippen LogP contribution < -0.4 is 4.74 Å². The Labute approximate surface area is 124 Å². The van der Waals surface area contributed by atoms with E-state index in [2.05, 4.69) is 11.6 Å². The number of aromatic amines is 1. The SMILES string of the molecule is C=CCCOCCn1c(=S)[nH]c2c(OCC)cccc21. The zero-order valence-corrected chi connectivity index (χ0v) is 12.5. The molecule has 0 unspecified atom stereocenters. The second kappa shape index (κ2) is 7.26. The molecule has 1 aromatic heterocycles. The second-order valence-electron chi connectivity index (χ2n) is 4.35. The van der Waals surface area contributed by atoms with Gasteiger partial charge in [0.25, 0.3) is 0 Å². The zero-order valence-electron chi connectivity index (χ0n) is 11.7. The van der Waals surface area contributed by atoms with E-state index in [9.17, 15) is 0 Å². The highest BCUT2D eigenvalue weighted by Gasteiger charge is 2.08. The number of aromatic nitrogens is 2. The summed E-state index contributed by atoms with van der Waals surface area (Å²) >= 11 is 5.38. The highest BCUT2D eigenvalue weighted by atomic mass is 32.1. The average Bonchev–Trinajstić information content (AvgIpc) is 2.76. The molecular formula is C15H20N2O2S. The van der Waals surface area contributed by atoms with Gasteiger partial charge < -0.3 is 19.0 Å². The number of ether oxygens (including phenoxy) is 2. The van der Waals surface area contributed by atoms with Crippen LogP contribution in [0.5, 0.6) is 5.75 Å². The van der Waals surface area contributed by atoms with Crippen LogP contribution in [0.3, 0.4) is 0 Å². The first-order valence-electron chi connectivity index (χ1n) is 6.81. The monoisotopic (exact) mass is 292 g/mol. The van der Waals surface area contributed by atoms with Crippen molar-refractivity contribution in [3.8, 4) is 5.75 Å². The van der Waals surface area contributed by atoms with Crippen LogP contribution in [0.25, 0.3) is 11.0 Å². The maximum Gasteiger partial charge on any atom is 0.178 e. The van der Waals surface area contributed by atoms with Crippen molar-refractivity contribution >= 4 is 23.3 Å². The smallest absolute Gasteiger partial charge is 0.178 e. The molecule has 0 aliphatic rings. The summed E-state index contributed by atoms with van der Waals surface area (Å²) in [6, 6.07) is 5.96. The van der Waals surface area contributed by atoms with Crippen LogP contribution in [0.4, 0.5) is 0 Å². The van der Waals surface area contributed by atoms with Gasteiger partial charge in [0.1, 0.15) is 11.3 Å². The van der Waals surface area contributed by atoms with Gasteiger partial charge in [0.2, 0.25) is 0 Å². The zero-order chi connectivity index (χ0) is 14.4. The maximum atomic E-state index is 5.61. The minimum atomic E-state index is 0.633. The molecule has 0 bridgehead atoms. The molecule has 0 aliphatic heterocycles. The molecular weight excluding hydrogens is 272 g/mol. The Morgan fingerprint density at radius 1 is 1.40 bits per heavy atom. The molecule has 4 nitrogen and oxygen atoms in total. The number of imidazole rings is 1. The standard InChI is InChI=1S/C15H20N2O2S/c1-3-5-10-18-11-9-17-12-7-6-8-13(19-4-2)14(12)16-15(17)20/h3,6-8H,1,4-5,9-11H2,2H3,(H,16,20). The Balaban J connectivity index is 2.17. The maximum absolute atomic E-state index is 5.61. The van der Waals surface area contributed by atoms with E-state index in [0.717, 1.165) is 29.7 Å². The molecule has 2 aromatic rings. The van der Waals surface area contributed by atoms with Crippen LogP contribution in [0.15, 0.2) is 30.9 Å². The average molecular weight is 292 g/mol. The molecule has 0 amide bonds. The fourth-order valence-corrected chi connectivity index (χ4v) is 2.37. The van der Waals surface area contributed by atoms with E-state index in [4.69, 9.17) is 21.7 Å². The lowest BCUT2D eigenvalue weighted by atomic mass is 10.3. The minimum absolute atomic E-state index is 0.633. The van der Waals surface area contributed by atoms with Gasteiger partial charge in [-0.25, -0.2) is 0 Å². The highest BCUT2D eigenvalue weighted by Crippen LogP contribution is 2.24. The van der Waals surface area contributed by atoms with Crippen molar-refractivity contribution in [1.82, 2.24) is 9.55 Å². The van der Waals surface area contributed by atoms with Crippen LogP contribution >= 0.6 is 12.2 Å². The highest BCUT2D eigenvalue weighted by molar-refractivity contribution is 7.71. The quantitative estimate of drug-likeness (QED) is 0.458. The molecule has 2 rings (SSSR count). The van der Waals surface area contributed by atoms with E-state index in [-0.39, 0.29) is 0 Å². The molecule has 20 heavy (non-hydrogen) atoms. The second-order valence-corrected chi connectivity index (χ2v) is 4.74. The van der Waals surface area contributed by atoms with Gasteiger partial charge in [0.15, 0.2) is 4.77 Å². The van der Waals surface area contributed by atoms with E-state index in [1.165, 1.54) is 0 Å². The van der Waals surface area contributed by atoms with Gasteiger partial charge in [-0.3, -0.25) is 0 Å². The fourth-order valence-electron chi connectivity index (χ4n) is 2.08. The first-order valence-corrected chi connectivity index (χ1v) is 7.21. The number of para-hydroxylation sites is 1. The van der Waals surface area contributed by atoms with Gasteiger partial charge in [-0.1, -0.05) is 12.1 Å². The number of hydrogen-bond acceptors (Lipinski definition) is 3. The van der Waals surface area contributed by atoms with Crippen molar-refractivity contribution in [2.75, 3.05) is 19.8 Å². The van der Waals surface area contributed by atoms with Crippen molar-refractivity contribution in [2.24, 2.45) is 0 Å². The number of benzene rings is 1.